The van der Waals surface area contributed by atoms with Crippen molar-refractivity contribution in [2.24, 2.45) is 5.92 Å². The van der Waals surface area contributed by atoms with Crippen LogP contribution in [0.15, 0.2) is 39.8 Å². The van der Waals surface area contributed by atoms with Gasteiger partial charge in [-0.15, -0.1) is 0 Å². The van der Waals surface area contributed by atoms with Crippen molar-refractivity contribution >= 4 is 28.8 Å². The Morgan fingerprint density at radius 3 is 2.82 bits per heavy atom. The summed E-state index contributed by atoms with van der Waals surface area (Å²) in [5.41, 5.74) is 1.79. The van der Waals surface area contributed by atoms with Crippen molar-refractivity contribution in [1.29, 1.82) is 5.26 Å². The highest BCUT2D eigenvalue weighted by Crippen LogP contribution is 2.29. The van der Waals surface area contributed by atoms with Crippen LogP contribution in [-0.2, 0) is 11.3 Å². The first-order chi connectivity index (χ1) is 13.4. The third-order valence-electron chi connectivity index (χ3n) is 4.10. The van der Waals surface area contributed by atoms with Crippen LogP contribution in [0.1, 0.15) is 25.0 Å². The van der Waals surface area contributed by atoms with Gasteiger partial charge in [-0.25, -0.2) is 4.98 Å². The molecule has 2 N–H and O–H groups in total. The Morgan fingerprint density at radius 1 is 1.39 bits per heavy atom. The van der Waals surface area contributed by atoms with E-state index in [1.165, 1.54) is 11.3 Å². The molecule has 0 aliphatic rings. The van der Waals surface area contributed by atoms with E-state index >= 15 is 0 Å². The fourth-order valence-electron chi connectivity index (χ4n) is 2.57. The Hall–Kier alpha value is -2.95. The molecule has 0 bridgehead atoms. The Labute approximate surface area is 170 Å². The molecule has 0 spiro atoms. The van der Waals surface area contributed by atoms with Gasteiger partial charge >= 0.3 is 0 Å². The van der Waals surface area contributed by atoms with Crippen molar-refractivity contribution in [3.63, 3.8) is 0 Å². The average molecular weight is 413 g/mol. The number of halogens is 1. The first kappa shape index (κ1) is 19.8. The molecule has 3 rings (SSSR count). The molecule has 1 aromatic carbocycles. The second-order valence-electron chi connectivity index (χ2n) is 6.45. The van der Waals surface area contributed by atoms with Crippen LogP contribution in [-0.4, -0.2) is 15.9 Å². The standard InChI is InChI=1S/C20H17ClN4O2S/c1-11(2)19(26)23-9-12-3-4-16(21)14(7-12)18-24-17(13-5-6-28-10-13)15(8-22)20(27)25-18/h3-7,10-11H,9H2,1-2H3,(H,23,26)(H,24,25,27). The predicted octanol–water partition coefficient (Wildman–Crippen LogP) is 3.96. The zero-order valence-electron chi connectivity index (χ0n) is 15.2. The van der Waals surface area contributed by atoms with Crippen LogP contribution in [0.4, 0.5) is 0 Å². The Bertz CT molecular complexity index is 1110. The molecule has 0 atom stereocenters. The summed E-state index contributed by atoms with van der Waals surface area (Å²) in [6.45, 7) is 3.97. The van der Waals surface area contributed by atoms with Crippen LogP contribution < -0.4 is 10.9 Å². The van der Waals surface area contributed by atoms with Crippen LogP contribution in [0.3, 0.4) is 0 Å². The minimum absolute atomic E-state index is 0.0429. The third-order valence-corrected chi connectivity index (χ3v) is 5.12. The molecule has 6 nitrogen and oxygen atoms in total. The number of aromatic nitrogens is 2. The van der Waals surface area contributed by atoms with Crippen LogP contribution in [0, 0.1) is 17.2 Å². The van der Waals surface area contributed by atoms with Crippen LogP contribution >= 0.6 is 22.9 Å². The molecule has 0 unspecified atom stereocenters. The fourth-order valence-corrected chi connectivity index (χ4v) is 3.42. The molecule has 8 heteroatoms. The van der Waals surface area contributed by atoms with Gasteiger partial charge in [0.15, 0.2) is 0 Å². The zero-order chi connectivity index (χ0) is 20.3. The van der Waals surface area contributed by atoms with Gasteiger partial charge in [0.2, 0.25) is 5.91 Å². The number of rotatable bonds is 5. The van der Waals surface area contributed by atoms with E-state index in [1.807, 2.05) is 30.7 Å². The van der Waals surface area contributed by atoms with Crippen molar-refractivity contribution < 1.29 is 4.79 Å². The molecule has 28 heavy (non-hydrogen) atoms. The number of carbonyl (C=O) groups excluding carboxylic acids is 1. The molecular weight excluding hydrogens is 396 g/mol. The number of hydrogen-bond acceptors (Lipinski definition) is 5. The van der Waals surface area contributed by atoms with E-state index in [2.05, 4.69) is 15.3 Å². The average Bonchev–Trinajstić information content (AvgIpc) is 3.21. The Kier molecular flexibility index (Phi) is 5.93. The highest BCUT2D eigenvalue weighted by atomic mass is 35.5. The second-order valence-corrected chi connectivity index (χ2v) is 7.64. The lowest BCUT2D eigenvalue weighted by Gasteiger charge is -2.11. The van der Waals surface area contributed by atoms with Gasteiger partial charge in [0.1, 0.15) is 17.5 Å². The van der Waals surface area contributed by atoms with E-state index in [0.717, 1.165) is 5.56 Å². The molecule has 1 amide bonds. The van der Waals surface area contributed by atoms with E-state index in [-0.39, 0.29) is 23.2 Å². The van der Waals surface area contributed by atoms with E-state index in [9.17, 15) is 14.9 Å². The van der Waals surface area contributed by atoms with Crippen LogP contribution in [0.2, 0.25) is 5.02 Å². The minimum atomic E-state index is -0.525. The van der Waals surface area contributed by atoms with Gasteiger partial charge < -0.3 is 10.3 Å². The lowest BCUT2D eigenvalue weighted by molar-refractivity contribution is -0.124. The highest BCUT2D eigenvalue weighted by molar-refractivity contribution is 7.08. The summed E-state index contributed by atoms with van der Waals surface area (Å²) in [4.78, 5) is 31.4. The number of amides is 1. The number of carbonyl (C=O) groups is 1. The van der Waals surface area contributed by atoms with Crippen molar-refractivity contribution in [2.75, 3.05) is 0 Å². The molecule has 3 aromatic rings. The smallest absolute Gasteiger partial charge is 0.269 e. The summed E-state index contributed by atoms with van der Waals surface area (Å²) >= 11 is 7.79. The topological polar surface area (TPSA) is 98.6 Å². The van der Waals surface area contributed by atoms with Gasteiger partial charge in [-0.1, -0.05) is 31.5 Å². The van der Waals surface area contributed by atoms with Gasteiger partial charge in [0, 0.05) is 29.0 Å². The number of nitrogens with one attached hydrogen (secondary N) is 2. The molecule has 2 heterocycles. The van der Waals surface area contributed by atoms with Gasteiger partial charge in [0.25, 0.3) is 5.56 Å². The molecule has 142 valence electrons. The fraction of sp³-hybridized carbons (Fsp3) is 0.200. The van der Waals surface area contributed by atoms with Crippen LogP contribution in [0.25, 0.3) is 22.6 Å². The number of H-pyrrole nitrogens is 1. The van der Waals surface area contributed by atoms with Crippen LogP contribution in [0.5, 0.6) is 0 Å². The van der Waals surface area contributed by atoms with Crippen molar-refractivity contribution in [1.82, 2.24) is 15.3 Å². The maximum absolute atomic E-state index is 12.4. The summed E-state index contributed by atoms with van der Waals surface area (Å²) in [7, 11) is 0. The predicted molar refractivity (Wildman–Crippen MR) is 110 cm³/mol. The van der Waals surface area contributed by atoms with Gasteiger partial charge in [-0.05, 0) is 29.1 Å². The molecule has 0 fully saturated rings. The van der Waals surface area contributed by atoms with Gasteiger partial charge in [-0.3, -0.25) is 9.59 Å². The molecular formula is C20H17ClN4O2S. The maximum atomic E-state index is 12.4. The Balaban J connectivity index is 2.04. The quantitative estimate of drug-likeness (QED) is 0.662. The Morgan fingerprint density at radius 2 is 2.18 bits per heavy atom. The van der Waals surface area contributed by atoms with Gasteiger partial charge in [-0.2, -0.15) is 16.6 Å². The number of hydrogen-bond donors (Lipinski definition) is 2. The van der Waals surface area contributed by atoms with Gasteiger partial charge in [0.05, 0.1) is 10.7 Å². The highest BCUT2D eigenvalue weighted by Gasteiger charge is 2.16. The molecule has 0 radical (unpaired) electrons. The summed E-state index contributed by atoms with van der Waals surface area (Å²) in [5, 5.41) is 16.3. The minimum Gasteiger partial charge on any atom is -0.352 e. The number of aromatic amines is 1. The summed E-state index contributed by atoms with van der Waals surface area (Å²) in [5.74, 6) is 0.102. The third kappa shape index (κ3) is 4.14. The summed E-state index contributed by atoms with van der Waals surface area (Å²) in [6, 6.07) is 8.98. The first-order valence-corrected chi connectivity index (χ1v) is 9.86. The first-order valence-electron chi connectivity index (χ1n) is 8.54. The molecule has 0 aliphatic heterocycles. The number of nitriles is 1. The molecule has 0 saturated heterocycles. The number of thiophene rings is 1. The second kappa shape index (κ2) is 8.38. The number of nitrogens with zero attached hydrogens (tertiary/aromatic N) is 2. The number of benzene rings is 1. The van der Waals surface area contributed by atoms with E-state index in [4.69, 9.17) is 11.6 Å². The largest absolute Gasteiger partial charge is 0.352 e. The molecule has 2 aromatic heterocycles. The van der Waals surface area contributed by atoms with E-state index < -0.39 is 5.56 Å². The van der Waals surface area contributed by atoms with E-state index in [1.54, 1.807) is 24.3 Å². The SMILES string of the molecule is CC(C)C(=O)NCc1ccc(Cl)c(-c2nc(-c3ccsc3)c(C#N)c(=O)[nH]2)c1. The maximum Gasteiger partial charge on any atom is 0.269 e. The summed E-state index contributed by atoms with van der Waals surface area (Å²) in [6.07, 6.45) is 0. The monoisotopic (exact) mass is 412 g/mol. The molecule has 0 aliphatic carbocycles. The van der Waals surface area contributed by atoms with Crippen molar-refractivity contribution in [3.05, 3.63) is 61.5 Å². The summed E-state index contributed by atoms with van der Waals surface area (Å²) < 4.78 is 0. The van der Waals surface area contributed by atoms with Crippen molar-refractivity contribution in [3.8, 4) is 28.7 Å². The normalized spacial score (nSPS) is 10.7. The molecule has 0 saturated carbocycles. The van der Waals surface area contributed by atoms with Crippen molar-refractivity contribution in [2.45, 2.75) is 20.4 Å². The lowest BCUT2D eigenvalue weighted by atomic mass is 10.1. The zero-order valence-corrected chi connectivity index (χ0v) is 16.8. The lowest BCUT2D eigenvalue weighted by Crippen LogP contribution is -2.27. The van der Waals surface area contributed by atoms with E-state index in [0.29, 0.717) is 28.4 Å².